The number of rotatable bonds is 6. The summed E-state index contributed by atoms with van der Waals surface area (Å²) < 4.78 is 15.4. The van der Waals surface area contributed by atoms with Crippen molar-refractivity contribution in [1.29, 1.82) is 0 Å². The minimum absolute atomic E-state index is 0.0649. The maximum Gasteiger partial charge on any atom is 0.343 e. The summed E-state index contributed by atoms with van der Waals surface area (Å²) in [5.41, 5.74) is 5.31. The maximum atomic E-state index is 12.4. The number of benzene rings is 2. The second kappa shape index (κ2) is 9.74. The van der Waals surface area contributed by atoms with Crippen molar-refractivity contribution in [2.24, 2.45) is 0 Å². The fourth-order valence-corrected chi connectivity index (χ4v) is 2.39. The summed E-state index contributed by atoms with van der Waals surface area (Å²) >= 11 is 0. The number of nitrogens with one attached hydrogen (secondary N) is 2. The zero-order valence-electron chi connectivity index (χ0n) is 16.0. The molecule has 0 aliphatic heterocycles. The predicted octanol–water partition coefficient (Wildman–Crippen LogP) is 2.98. The van der Waals surface area contributed by atoms with Gasteiger partial charge in [-0.15, -0.1) is 0 Å². The fraction of sp³-hybridized carbons (Fsp3) is 0.0455. The molecular weight excluding hydrogens is 388 g/mol. The summed E-state index contributed by atoms with van der Waals surface area (Å²) in [7, 11) is 1.54. The average molecular weight is 406 g/mol. The molecule has 2 N–H and O–H groups in total. The highest BCUT2D eigenvalue weighted by molar-refractivity contribution is 5.97. The molecule has 3 aromatic rings. The molecule has 0 radical (unpaired) electrons. The lowest BCUT2D eigenvalue weighted by molar-refractivity contribution is -0.117. The van der Waals surface area contributed by atoms with E-state index in [-0.39, 0.29) is 11.5 Å². The fourth-order valence-electron chi connectivity index (χ4n) is 2.39. The predicted molar refractivity (Wildman–Crippen MR) is 108 cm³/mol. The van der Waals surface area contributed by atoms with Gasteiger partial charge in [0.2, 0.25) is 0 Å². The van der Waals surface area contributed by atoms with Gasteiger partial charge in [-0.05, 0) is 48.5 Å². The molecule has 0 saturated heterocycles. The van der Waals surface area contributed by atoms with Crippen LogP contribution in [0.15, 0.2) is 77.4 Å². The first-order chi connectivity index (χ1) is 14.6. The van der Waals surface area contributed by atoms with Gasteiger partial charge in [-0.2, -0.15) is 0 Å². The van der Waals surface area contributed by atoms with Crippen molar-refractivity contribution in [3.63, 3.8) is 0 Å². The van der Waals surface area contributed by atoms with Crippen LogP contribution in [0, 0.1) is 0 Å². The number of methoxy groups -OCH3 is 1. The topological polar surface area (TPSA) is 107 Å². The summed E-state index contributed by atoms with van der Waals surface area (Å²) in [6.07, 6.45) is 4.01. The number of amides is 2. The Balaban J connectivity index is 1.61. The lowest BCUT2D eigenvalue weighted by Crippen LogP contribution is -2.40. The Kier molecular flexibility index (Phi) is 6.63. The number of ether oxygens (including phenoxy) is 2. The van der Waals surface area contributed by atoms with E-state index in [0.717, 1.165) is 0 Å². The van der Waals surface area contributed by atoms with Crippen molar-refractivity contribution >= 4 is 23.9 Å². The van der Waals surface area contributed by atoms with E-state index in [1.54, 1.807) is 54.6 Å². The van der Waals surface area contributed by atoms with Crippen LogP contribution in [0.2, 0.25) is 0 Å². The van der Waals surface area contributed by atoms with Crippen LogP contribution in [0.25, 0.3) is 6.08 Å². The number of hydrogen-bond donors (Lipinski definition) is 2. The molecule has 1 heterocycles. The molecule has 3 rings (SSSR count). The largest absolute Gasteiger partial charge is 0.497 e. The zero-order chi connectivity index (χ0) is 21.3. The molecule has 1 aromatic heterocycles. The number of hydrogen-bond acceptors (Lipinski definition) is 6. The van der Waals surface area contributed by atoms with E-state index in [9.17, 15) is 14.4 Å². The average Bonchev–Trinajstić information content (AvgIpc) is 3.32. The van der Waals surface area contributed by atoms with Gasteiger partial charge in [-0.25, -0.2) is 4.79 Å². The second-order valence-electron chi connectivity index (χ2n) is 5.91. The molecule has 2 aromatic carbocycles. The number of hydrazine groups is 1. The number of furan rings is 1. The van der Waals surface area contributed by atoms with Gasteiger partial charge >= 0.3 is 11.9 Å². The van der Waals surface area contributed by atoms with Gasteiger partial charge < -0.3 is 13.9 Å². The minimum atomic E-state index is -0.587. The summed E-state index contributed by atoms with van der Waals surface area (Å²) in [5.74, 6) is -0.743. The van der Waals surface area contributed by atoms with E-state index in [1.165, 1.54) is 31.6 Å². The van der Waals surface area contributed by atoms with Crippen molar-refractivity contribution in [3.8, 4) is 11.5 Å². The van der Waals surface area contributed by atoms with Crippen LogP contribution in [-0.4, -0.2) is 24.9 Å². The second-order valence-corrected chi connectivity index (χ2v) is 5.91. The van der Waals surface area contributed by atoms with Gasteiger partial charge in [0.1, 0.15) is 11.5 Å². The molecule has 0 bridgehead atoms. The third-order valence-electron chi connectivity index (χ3n) is 3.91. The van der Waals surface area contributed by atoms with Crippen molar-refractivity contribution < 1.29 is 28.3 Å². The van der Waals surface area contributed by atoms with Crippen LogP contribution in [-0.2, 0) is 4.79 Å². The van der Waals surface area contributed by atoms with Gasteiger partial charge in [-0.1, -0.05) is 18.2 Å². The van der Waals surface area contributed by atoms with Gasteiger partial charge in [0.25, 0.3) is 5.91 Å². The number of para-hydroxylation sites is 1. The first-order valence-electron chi connectivity index (χ1n) is 8.84. The molecule has 0 saturated carbocycles. The Morgan fingerprint density at radius 3 is 2.40 bits per heavy atom. The number of carbonyl (C=O) groups excluding carboxylic acids is 3. The van der Waals surface area contributed by atoms with E-state index in [2.05, 4.69) is 10.9 Å². The quantitative estimate of drug-likeness (QED) is 0.282. The number of carbonyl (C=O) groups is 3. The highest BCUT2D eigenvalue weighted by Gasteiger charge is 2.11. The molecule has 8 heteroatoms. The van der Waals surface area contributed by atoms with Crippen molar-refractivity contribution in [1.82, 2.24) is 10.9 Å². The Morgan fingerprint density at radius 2 is 1.70 bits per heavy atom. The summed E-state index contributed by atoms with van der Waals surface area (Å²) in [6, 6.07) is 16.3. The van der Waals surface area contributed by atoms with Crippen molar-refractivity contribution in [2.75, 3.05) is 7.11 Å². The normalized spacial score (nSPS) is 10.4. The van der Waals surface area contributed by atoms with Crippen molar-refractivity contribution in [2.45, 2.75) is 0 Å². The third kappa shape index (κ3) is 5.35. The van der Waals surface area contributed by atoms with E-state index in [0.29, 0.717) is 16.9 Å². The van der Waals surface area contributed by atoms with Gasteiger partial charge in [0.15, 0.2) is 5.76 Å². The summed E-state index contributed by atoms with van der Waals surface area (Å²) in [6.45, 7) is 0. The van der Waals surface area contributed by atoms with E-state index in [4.69, 9.17) is 13.9 Å². The number of esters is 1. The maximum absolute atomic E-state index is 12.4. The van der Waals surface area contributed by atoms with E-state index >= 15 is 0 Å². The summed E-state index contributed by atoms with van der Waals surface area (Å²) in [4.78, 5) is 36.0. The first-order valence-corrected chi connectivity index (χ1v) is 8.84. The molecule has 0 unspecified atom stereocenters. The van der Waals surface area contributed by atoms with Gasteiger partial charge in [-0.3, -0.25) is 20.4 Å². The standard InChI is InChI=1S/C22H18N2O6/c1-28-17-11-8-16(9-12-17)22(27)30-18-6-3-2-5-15(18)10-13-20(25)23-24-21(26)19-7-4-14-29-19/h2-14H,1H3,(H,23,25)(H,24,26)/b13-10+. The zero-order valence-corrected chi connectivity index (χ0v) is 16.0. The molecule has 0 aliphatic rings. The van der Waals surface area contributed by atoms with E-state index < -0.39 is 17.8 Å². The Bertz CT molecular complexity index is 1060. The van der Waals surface area contributed by atoms with Crippen LogP contribution in [0.3, 0.4) is 0 Å². The molecule has 0 fully saturated rings. The SMILES string of the molecule is COc1ccc(C(=O)Oc2ccccc2/C=C/C(=O)NNC(=O)c2ccco2)cc1. The van der Waals surface area contributed by atoms with Crippen LogP contribution in [0.5, 0.6) is 11.5 Å². The Labute approximate surface area is 172 Å². The molecule has 2 amide bonds. The van der Waals surface area contributed by atoms with E-state index in [1.807, 2.05) is 0 Å². The third-order valence-corrected chi connectivity index (χ3v) is 3.91. The highest BCUT2D eigenvalue weighted by Crippen LogP contribution is 2.21. The van der Waals surface area contributed by atoms with Gasteiger partial charge in [0, 0.05) is 11.6 Å². The Morgan fingerprint density at radius 1 is 0.933 bits per heavy atom. The monoisotopic (exact) mass is 406 g/mol. The highest BCUT2D eigenvalue weighted by atomic mass is 16.5. The lowest BCUT2D eigenvalue weighted by atomic mass is 10.1. The van der Waals surface area contributed by atoms with Crippen molar-refractivity contribution in [3.05, 3.63) is 89.9 Å². The molecule has 0 spiro atoms. The minimum Gasteiger partial charge on any atom is -0.497 e. The molecular formula is C22H18N2O6. The smallest absolute Gasteiger partial charge is 0.343 e. The van der Waals surface area contributed by atoms with Crippen LogP contribution in [0.4, 0.5) is 0 Å². The van der Waals surface area contributed by atoms with Crippen LogP contribution >= 0.6 is 0 Å². The Hall–Kier alpha value is -4.33. The van der Waals surface area contributed by atoms with Crippen LogP contribution in [0.1, 0.15) is 26.5 Å². The molecule has 152 valence electrons. The van der Waals surface area contributed by atoms with Crippen LogP contribution < -0.4 is 20.3 Å². The molecule has 0 atom stereocenters. The molecule has 30 heavy (non-hydrogen) atoms. The lowest BCUT2D eigenvalue weighted by Gasteiger charge is -2.08. The first kappa shape index (κ1) is 20.4. The van der Waals surface area contributed by atoms with Gasteiger partial charge in [0.05, 0.1) is 18.9 Å². The molecule has 0 aliphatic carbocycles. The molecule has 8 nitrogen and oxygen atoms in total. The summed E-state index contributed by atoms with van der Waals surface area (Å²) in [5, 5.41) is 0.